The lowest BCUT2D eigenvalue weighted by molar-refractivity contribution is 0.318. The van der Waals surface area contributed by atoms with Gasteiger partial charge in [-0.1, -0.05) is 31.5 Å². The first-order valence-electron chi connectivity index (χ1n) is 6.86. The molecule has 1 rings (SSSR count). The summed E-state index contributed by atoms with van der Waals surface area (Å²) in [6.07, 6.45) is 1.14. The maximum Gasteiger partial charge on any atom is 0.172 e. The van der Waals surface area contributed by atoms with Crippen molar-refractivity contribution < 1.29 is 5.21 Å². The molecule has 4 heteroatoms. The first kappa shape index (κ1) is 15.3. The second-order valence-electron chi connectivity index (χ2n) is 5.06. The van der Waals surface area contributed by atoms with Gasteiger partial charge in [-0.15, -0.1) is 0 Å². The predicted molar refractivity (Wildman–Crippen MR) is 81.0 cm³/mol. The Morgan fingerprint density at radius 1 is 1.42 bits per heavy atom. The first-order valence-corrected chi connectivity index (χ1v) is 6.86. The van der Waals surface area contributed by atoms with E-state index in [1.807, 2.05) is 12.1 Å². The predicted octanol–water partition coefficient (Wildman–Crippen LogP) is 2.96. The topological polar surface area (TPSA) is 61.8 Å². The summed E-state index contributed by atoms with van der Waals surface area (Å²) in [5.41, 5.74) is 8.78. The van der Waals surface area contributed by atoms with E-state index in [0.29, 0.717) is 5.92 Å². The fourth-order valence-electron chi connectivity index (χ4n) is 2.08. The van der Waals surface area contributed by atoms with Gasteiger partial charge in [0.2, 0.25) is 0 Å². The molecular formula is C15H25N3O. The van der Waals surface area contributed by atoms with Crippen molar-refractivity contribution in [3.05, 3.63) is 29.3 Å². The third kappa shape index (κ3) is 3.88. The molecule has 0 aliphatic heterocycles. The zero-order valence-corrected chi connectivity index (χ0v) is 12.3. The Morgan fingerprint density at radius 2 is 2.11 bits per heavy atom. The molecule has 0 radical (unpaired) electrons. The molecule has 0 saturated carbocycles. The highest BCUT2D eigenvalue weighted by atomic mass is 16.4. The van der Waals surface area contributed by atoms with Crippen LogP contribution in [0, 0.1) is 12.8 Å². The minimum atomic E-state index is 0.164. The summed E-state index contributed by atoms with van der Waals surface area (Å²) in [6, 6.07) is 5.99. The van der Waals surface area contributed by atoms with Crippen molar-refractivity contribution in [1.82, 2.24) is 0 Å². The van der Waals surface area contributed by atoms with E-state index >= 15 is 0 Å². The Hall–Kier alpha value is -1.71. The highest BCUT2D eigenvalue weighted by molar-refractivity contribution is 6.02. The number of rotatable bonds is 6. The smallest absolute Gasteiger partial charge is 0.172 e. The summed E-state index contributed by atoms with van der Waals surface area (Å²) in [4.78, 5) is 2.29. The van der Waals surface area contributed by atoms with Gasteiger partial charge in [-0.3, -0.25) is 0 Å². The van der Waals surface area contributed by atoms with Gasteiger partial charge < -0.3 is 15.8 Å². The average Bonchev–Trinajstić information content (AvgIpc) is 2.43. The van der Waals surface area contributed by atoms with E-state index in [0.717, 1.165) is 30.8 Å². The van der Waals surface area contributed by atoms with E-state index in [2.05, 4.69) is 43.8 Å². The van der Waals surface area contributed by atoms with Crippen LogP contribution in [0.3, 0.4) is 0 Å². The number of nitrogens with zero attached hydrogens (tertiary/aromatic N) is 2. The SMILES string of the molecule is CCC(C)CN(CC)c1cc(C)ccc1C(N)=NO. The Labute approximate surface area is 115 Å². The summed E-state index contributed by atoms with van der Waals surface area (Å²) in [6.45, 7) is 10.5. The standard InChI is InChI=1S/C15H25N3O/c1-5-11(3)10-18(6-2)14-9-12(4)7-8-13(14)15(16)17-19/h7-9,11,19H,5-6,10H2,1-4H3,(H2,16,17). The molecule has 1 aromatic carbocycles. The summed E-state index contributed by atoms with van der Waals surface area (Å²) in [7, 11) is 0. The van der Waals surface area contributed by atoms with Crippen LogP contribution in [0.2, 0.25) is 0 Å². The fourth-order valence-corrected chi connectivity index (χ4v) is 2.08. The summed E-state index contributed by atoms with van der Waals surface area (Å²) < 4.78 is 0. The highest BCUT2D eigenvalue weighted by Crippen LogP contribution is 2.23. The number of oxime groups is 1. The molecule has 3 N–H and O–H groups in total. The number of anilines is 1. The zero-order chi connectivity index (χ0) is 14.4. The van der Waals surface area contributed by atoms with Crippen LogP contribution in [0.1, 0.15) is 38.3 Å². The Kier molecular flexibility index (Phi) is 5.67. The van der Waals surface area contributed by atoms with Gasteiger partial charge >= 0.3 is 0 Å². The first-order chi connectivity index (χ1) is 9.03. The molecule has 0 spiro atoms. The van der Waals surface area contributed by atoms with Crippen LogP contribution in [-0.2, 0) is 0 Å². The quantitative estimate of drug-likeness (QED) is 0.359. The van der Waals surface area contributed by atoms with Crippen LogP contribution >= 0.6 is 0 Å². The number of hydrogen-bond acceptors (Lipinski definition) is 3. The lowest BCUT2D eigenvalue weighted by Crippen LogP contribution is -2.30. The van der Waals surface area contributed by atoms with E-state index in [-0.39, 0.29) is 5.84 Å². The van der Waals surface area contributed by atoms with Crippen molar-refractivity contribution in [3.63, 3.8) is 0 Å². The molecule has 0 heterocycles. The molecule has 0 bridgehead atoms. The van der Waals surface area contributed by atoms with Crippen LogP contribution in [-0.4, -0.2) is 24.1 Å². The number of aryl methyl sites for hydroxylation is 1. The van der Waals surface area contributed by atoms with E-state index in [1.165, 1.54) is 5.56 Å². The number of benzene rings is 1. The molecule has 0 saturated heterocycles. The fraction of sp³-hybridized carbons (Fsp3) is 0.533. The van der Waals surface area contributed by atoms with Crippen LogP contribution in [0.4, 0.5) is 5.69 Å². The van der Waals surface area contributed by atoms with Gasteiger partial charge in [0.05, 0.1) is 0 Å². The Morgan fingerprint density at radius 3 is 2.63 bits per heavy atom. The molecule has 1 aromatic rings. The lowest BCUT2D eigenvalue weighted by atomic mass is 10.0. The van der Waals surface area contributed by atoms with Crippen LogP contribution < -0.4 is 10.6 Å². The second kappa shape index (κ2) is 7.02. The molecule has 0 aromatic heterocycles. The molecule has 106 valence electrons. The minimum Gasteiger partial charge on any atom is -0.409 e. The summed E-state index contributed by atoms with van der Waals surface area (Å²) in [5.74, 6) is 0.776. The van der Waals surface area contributed by atoms with Gasteiger partial charge in [0.1, 0.15) is 0 Å². The van der Waals surface area contributed by atoms with Crippen molar-refractivity contribution in [3.8, 4) is 0 Å². The third-order valence-corrected chi connectivity index (χ3v) is 3.49. The number of nitrogens with two attached hydrogens (primary N) is 1. The van der Waals surface area contributed by atoms with Crippen molar-refractivity contribution in [2.24, 2.45) is 16.8 Å². The molecule has 1 unspecified atom stereocenters. The number of amidine groups is 1. The minimum absolute atomic E-state index is 0.164. The van der Waals surface area contributed by atoms with Crippen molar-refractivity contribution in [2.45, 2.75) is 34.1 Å². The number of hydrogen-bond donors (Lipinski definition) is 2. The maximum absolute atomic E-state index is 8.91. The van der Waals surface area contributed by atoms with E-state index < -0.39 is 0 Å². The summed E-state index contributed by atoms with van der Waals surface area (Å²) >= 11 is 0. The van der Waals surface area contributed by atoms with Crippen LogP contribution in [0.5, 0.6) is 0 Å². The molecule has 0 aliphatic rings. The normalized spacial score (nSPS) is 13.4. The van der Waals surface area contributed by atoms with Crippen LogP contribution in [0.25, 0.3) is 0 Å². The Bertz CT molecular complexity index is 443. The monoisotopic (exact) mass is 263 g/mol. The van der Waals surface area contributed by atoms with E-state index in [1.54, 1.807) is 0 Å². The largest absolute Gasteiger partial charge is 0.409 e. The van der Waals surface area contributed by atoms with E-state index in [9.17, 15) is 0 Å². The molecule has 0 fully saturated rings. The molecule has 0 amide bonds. The zero-order valence-electron chi connectivity index (χ0n) is 12.3. The van der Waals surface area contributed by atoms with Gasteiger partial charge in [0.15, 0.2) is 5.84 Å². The van der Waals surface area contributed by atoms with Gasteiger partial charge in [0.25, 0.3) is 0 Å². The highest BCUT2D eigenvalue weighted by Gasteiger charge is 2.15. The maximum atomic E-state index is 8.91. The molecule has 1 atom stereocenters. The van der Waals surface area contributed by atoms with Crippen molar-refractivity contribution >= 4 is 11.5 Å². The lowest BCUT2D eigenvalue weighted by Gasteiger charge is -2.28. The Balaban J connectivity index is 3.17. The van der Waals surface area contributed by atoms with Gasteiger partial charge in [-0.2, -0.15) is 0 Å². The average molecular weight is 263 g/mol. The third-order valence-electron chi connectivity index (χ3n) is 3.49. The van der Waals surface area contributed by atoms with Crippen molar-refractivity contribution in [2.75, 3.05) is 18.0 Å². The molecule has 4 nitrogen and oxygen atoms in total. The molecule has 0 aliphatic carbocycles. The van der Waals surface area contributed by atoms with Gasteiger partial charge in [-0.05, 0) is 37.5 Å². The summed E-state index contributed by atoms with van der Waals surface area (Å²) in [5, 5.41) is 12.0. The van der Waals surface area contributed by atoms with E-state index in [4.69, 9.17) is 10.9 Å². The van der Waals surface area contributed by atoms with Gasteiger partial charge in [-0.25, -0.2) is 0 Å². The molecular weight excluding hydrogens is 238 g/mol. The molecule has 19 heavy (non-hydrogen) atoms. The van der Waals surface area contributed by atoms with Crippen LogP contribution in [0.15, 0.2) is 23.4 Å². The second-order valence-corrected chi connectivity index (χ2v) is 5.06. The van der Waals surface area contributed by atoms with Gasteiger partial charge in [0, 0.05) is 24.3 Å². The van der Waals surface area contributed by atoms with Crippen molar-refractivity contribution in [1.29, 1.82) is 0 Å².